The van der Waals surface area contributed by atoms with Gasteiger partial charge in [0, 0.05) is 31.0 Å². The van der Waals surface area contributed by atoms with E-state index in [-0.39, 0.29) is 6.04 Å². The molecule has 2 atom stereocenters. The van der Waals surface area contributed by atoms with E-state index < -0.39 is 5.67 Å². The van der Waals surface area contributed by atoms with E-state index in [1.54, 1.807) is 10.9 Å². The van der Waals surface area contributed by atoms with Gasteiger partial charge in [-0.15, -0.1) is 0 Å². The third-order valence-electron chi connectivity index (χ3n) is 4.14. The number of alkyl halides is 1. The van der Waals surface area contributed by atoms with E-state index in [0.29, 0.717) is 35.6 Å². The summed E-state index contributed by atoms with van der Waals surface area (Å²) in [5.41, 5.74) is -0.743. The molecule has 2 aliphatic heterocycles. The number of fused-ring (bicyclic) bond motifs is 2. The van der Waals surface area contributed by atoms with Gasteiger partial charge in [-0.3, -0.25) is 4.68 Å². The van der Waals surface area contributed by atoms with Gasteiger partial charge >= 0.3 is 0 Å². The molecule has 5 heteroatoms. The van der Waals surface area contributed by atoms with E-state index >= 15 is 4.39 Å². The third-order valence-corrected chi connectivity index (χ3v) is 4.42. The number of hydrogen-bond acceptors (Lipinski definition) is 2. The second kappa shape index (κ2) is 4.20. The van der Waals surface area contributed by atoms with Crippen molar-refractivity contribution in [3.05, 3.63) is 16.9 Å². The summed E-state index contributed by atoms with van der Waals surface area (Å²) < 4.78 is 17.1. The van der Waals surface area contributed by atoms with Gasteiger partial charge in [0.2, 0.25) is 0 Å². The quantitative estimate of drug-likeness (QED) is 0.895. The predicted molar refractivity (Wildman–Crippen MR) is 69.6 cm³/mol. The maximum Gasteiger partial charge on any atom is 0.156 e. The minimum absolute atomic E-state index is 0.132. The van der Waals surface area contributed by atoms with Crippen molar-refractivity contribution in [1.29, 1.82) is 0 Å². The SMILES string of the molecule is CC(C)n1ncc(Cl)c1C1(F)CC2CCC(C1)N2. The Hall–Kier alpha value is -0.610. The molecule has 100 valence electrons. The van der Waals surface area contributed by atoms with Gasteiger partial charge in [0.25, 0.3) is 0 Å². The first kappa shape index (κ1) is 12.4. The van der Waals surface area contributed by atoms with Crippen molar-refractivity contribution in [2.75, 3.05) is 0 Å². The summed E-state index contributed by atoms with van der Waals surface area (Å²) in [5, 5.41) is 8.16. The van der Waals surface area contributed by atoms with E-state index in [2.05, 4.69) is 10.4 Å². The summed E-state index contributed by atoms with van der Waals surface area (Å²) in [5.74, 6) is 0. The van der Waals surface area contributed by atoms with E-state index in [1.165, 1.54) is 0 Å². The van der Waals surface area contributed by atoms with Gasteiger partial charge in [-0.2, -0.15) is 5.10 Å². The van der Waals surface area contributed by atoms with E-state index in [1.807, 2.05) is 13.8 Å². The maximum atomic E-state index is 15.4. The monoisotopic (exact) mass is 271 g/mol. The Kier molecular flexibility index (Phi) is 2.90. The minimum atomic E-state index is -1.32. The van der Waals surface area contributed by atoms with Crippen LogP contribution in [0.15, 0.2) is 6.20 Å². The molecule has 3 nitrogen and oxygen atoms in total. The zero-order valence-corrected chi connectivity index (χ0v) is 11.5. The molecule has 1 N–H and O–H groups in total. The minimum Gasteiger partial charge on any atom is -0.311 e. The molecule has 1 aromatic heterocycles. The van der Waals surface area contributed by atoms with Crippen molar-refractivity contribution in [1.82, 2.24) is 15.1 Å². The summed E-state index contributed by atoms with van der Waals surface area (Å²) in [4.78, 5) is 0. The number of nitrogens with one attached hydrogen (secondary N) is 1. The van der Waals surface area contributed by atoms with Crippen LogP contribution < -0.4 is 5.32 Å². The lowest BCUT2D eigenvalue weighted by Gasteiger charge is -2.36. The first-order valence-electron chi connectivity index (χ1n) is 6.68. The fraction of sp³-hybridized carbons (Fsp3) is 0.769. The van der Waals surface area contributed by atoms with Gasteiger partial charge in [-0.25, -0.2) is 4.39 Å². The second-order valence-corrected chi connectivity index (χ2v) is 6.30. The molecule has 2 aliphatic rings. The Morgan fingerprint density at radius 2 is 2.06 bits per heavy atom. The fourth-order valence-corrected chi connectivity index (χ4v) is 3.73. The Labute approximate surface area is 112 Å². The second-order valence-electron chi connectivity index (χ2n) is 5.89. The van der Waals surface area contributed by atoms with E-state index in [9.17, 15) is 0 Å². The lowest BCUT2D eigenvalue weighted by Crippen LogP contribution is -2.45. The Balaban J connectivity index is 2.01. The average Bonchev–Trinajstić information content (AvgIpc) is 2.83. The van der Waals surface area contributed by atoms with Crippen LogP contribution in [0.2, 0.25) is 5.02 Å². The number of nitrogens with zero attached hydrogens (tertiary/aromatic N) is 2. The normalized spacial score (nSPS) is 35.4. The van der Waals surface area contributed by atoms with Crippen molar-refractivity contribution in [3.8, 4) is 0 Å². The first-order chi connectivity index (χ1) is 8.49. The third kappa shape index (κ3) is 1.86. The summed E-state index contributed by atoms with van der Waals surface area (Å²) in [6.45, 7) is 4.01. The highest BCUT2D eigenvalue weighted by atomic mass is 35.5. The van der Waals surface area contributed by atoms with Gasteiger partial charge in [0.1, 0.15) is 0 Å². The molecular weight excluding hydrogens is 253 g/mol. The Morgan fingerprint density at radius 1 is 1.44 bits per heavy atom. The van der Waals surface area contributed by atoms with E-state index in [4.69, 9.17) is 11.6 Å². The Morgan fingerprint density at radius 3 is 2.61 bits per heavy atom. The van der Waals surface area contributed by atoms with E-state index in [0.717, 1.165) is 12.8 Å². The number of piperidine rings is 1. The summed E-state index contributed by atoms with van der Waals surface area (Å²) in [6.07, 6.45) is 4.75. The van der Waals surface area contributed by atoms with Gasteiger partial charge < -0.3 is 5.32 Å². The van der Waals surface area contributed by atoms with Crippen LogP contribution in [-0.2, 0) is 5.67 Å². The largest absolute Gasteiger partial charge is 0.311 e. The van der Waals surface area contributed by atoms with Crippen LogP contribution in [0.3, 0.4) is 0 Å². The summed E-state index contributed by atoms with van der Waals surface area (Å²) in [7, 11) is 0. The molecule has 0 aromatic carbocycles. The van der Waals surface area contributed by atoms with Crippen molar-refractivity contribution >= 4 is 11.6 Å². The van der Waals surface area contributed by atoms with Crippen LogP contribution in [0, 0.1) is 0 Å². The van der Waals surface area contributed by atoms with Crippen molar-refractivity contribution in [2.45, 2.75) is 63.3 Å². The van der Waals surface area contributed by atoms with Crippen LogP contribution in [0.25, 0.3) is 0 Å². The topological polar surface area (TPSA) is 29.9 Å². The highest BCUT2D eigenvalue weighted by molar-refractivity contribution is 6.31. The zero-order valence-electron chi connectivity index (χ0n) is 10.8. The van der Waals surface area contributed by atoms with Crippen LogP contribution in [0.4, 0.5) is 4.39 Å². The molecule has 0 saturated carbocycles. The molecular formula is C13H19ClFN3. The molecule has 18 heavy (non-hydrogen) atoms. The first-order valence-corrected chi connectivity index (χ1v) is 7.06. The average molecular weight is 272 g/mol. The number of halogens is 2. The number of hydrogen-bond donors (Lipinski definition) is 1. The number of aromatic nitrogens is 2. The van der Waals surface area contributed by atoms with Gasteiger partial charge in [-0.05, 0) is 26.7 Å². The standard InChI is InChI=1S/C13H19ClFN3/c1-8(2)18-12(11(14)7-16-18)13(15)5-9-3-4-10(6-13)17-9/h7-10,17H,3-6H2,1-2H3. The summed E-state index contributed by atoms with van der Waals surface area (Å²) in [6, 6.07) is 0.716. The molecule has 1 aromatic rings. The fourth-order valence-electron chi connectivity index (χ4n) is 3.43. The zero-order chi connectivity index (χ0) is 12.9. The van der Waals surface area contributed by atoms with Crippen LogP contribution in [-0.4, -0.2) is 21.9 Å². The highest BCUT2D eigenvalue weighted by Gasteiger charge is 2.48. The molecule has 2 bridgehead atoms. The van der Waals surface area contributed by atoms with Crippen molar-refractivity contribution < 1.29 is 4.39 Å². The summed E-state index contributed by atoms with van der Waals surface area (Å²) >= 11 is 6.18. The Bertz CT molecular complexity index is 445. The molecule has 2 fully saturated rings. The lowest BCUT2D eigenvalue weighted by atomic mass is 9.86. The van der Waals surface area contributed by atoms with Crippen LogP contribution in [0.1, 0.15) is 51.3 Å². The highest BCUT2D eigenvalue weighted by Crippen LogP contribution is 2.46. The molecule has 0 radical (unpaired) electrons. The molecule has 2 unspecified atom stereocenters. The van der Waals surface area contributed by atoms with Gasteiger partial charge in [0.15, 0.2) is 5.67 Å². The molecule has 3 rings (SSSR count). The van der Waals surface area contributed by atoms with Gasteiger partial charge in [-0.1, -0.05) is 11.6 Å². The lowest BCUT2D eigenvalue weighted by molar-refractivity contribution is 0.0757. The van der Waals surface area contributed by atoms with Crippen LogP contribution >= 0.6 is 11.6 Å². The molecule has 0 aliphatic carbocycles. The smallest absolute Gasteiger partial charge is 0.156 e. The van der Waals surface area contributed by atoms with Gasteiger partial charge in [0.05, 0.1) is 16.9 Å². The number of rotatable bonds is 2. The molecule has 3 heterocycles. The van der Waals surface area contributed by atoms with Crippen molar-refractivity contribution in [3.63, 3.8) is 0 Å². The van der Waals surface area contributed by atoms with Crippen molar-refractivity contribution in [2.24, 2.45) is 0 Å². The molecule has 0 amide bonds. The predicted octanol–water partition coefficient (Wildman–Crippen LogP) is 3.20. The molecule has 0 spiro atoms. The molecule has 2 saturated heterocycles. The van der Waals surface area contributed by atoms with Crippen LogP contribution in [0.5, 0.6) is 0 Å². The maximum absolute atomic E-state index is 15.4.